The molecular formula is C19H28O2. The van der Waals surface area contributed by atoms with Crippen LogP contribution >= 0.6 is 0 Å². The molecule has 2 unspecified atom stereocenters. The maximum atomic E-state index is 11.2. The average molecular weight is 288 g/mol. The zero-order valence-electron chi connectivity index (χ0n) is 13.2. The van der Waals surface area contributed by atoms with E-state index in [9.17, 15) is 4.79 Å². The van der Waals surface area contributed by atoms with E-state index in [1.54, 1.807) is 0 Å². The van der Waals surface area contributed by atoms with Crippen molar-refractivity contribution in [1.82, 2.24) is 0 Å². The largest absolute Gasteiger partial charge is 0.377 e. The minimum absolute atomic E-state index is 0.192. The third-order valence-corrected chi connectivity index (χ3v) is 4.60. The van der Waals surface area contributed by atoms with Crippen molar-refractivity contribution in [3.8, 4) is 0 Å². The van der Waals surface area contributed by atoms with E-state index >= 15 is 0 Å². The molecule has 1 fully saturated rings. The molecule has 2 nitrogen and oxygen atoms in total. The molecule has 1 aliphatic carbocycles. The summed E-state index contributed by atoms with van der Waals surface area (Å²) in [5.41, 5.74) is 1.25. The van der Waals surface area contributed by atoms with Crippen LogP contribution in [0, 0.1) is 5.92 Å². The van der Waals surface area contributed by atoms with Gasteiger partial charge in [0.15, 0.2) is 0 Å². The second-order valence-corrected chi connectivity index (χ2v) is 6.15. The van der Waals surface area contributed by atoms with Crippen LogP contribution in [-0.4, -0.2) is 19.0 Å². The highest BCUT2D eigenvalue weighted by Crippen LogP contribution is 2.36. The van der Waals surface area contributed by atoms with Gasteiger partial charge in [0.2, 0.25) is 0 Å². The Labute approximate surface area is 128 Å². The topological polar surface area (TPSA) is 26.3 Å². The smallest absolute Gasteiger partial charge is 0.120 e. The summed E-state index contributed by atoms with van der Waals surface area (Å²) >= 11 is 0. The van der Waals surface area contributed by atoms with Crippen LogP contribution in [0.5, 0.6) is 0 Å². The first-order chi connectivity index (χ1) is 10.4. The quantitative estimate of drug-likeness (QED) is 0.646. The van der Waals surface area contributed by atoms with Crippen molar-refractivity contribution >= 4 is 6.29 Å². The molecule has 0 radical (unpaired) electrons. The first-order valence-electron chi connectivity index (χ1n) is 8.47. The third-order valence-electron chi connectivity index (χ3n) is 4.60. The van der Waals surface area contributed by atoms with Crippen LogP contribution in [0.3, 0.4) is 0 Å². The molecule has 0 bridgehead atoms. The molecule has 1 aromatic carbocycles. The number of benzene rings is 1. The molecule has 0 N–H and O–H groups in total. The highest BCUT2D eigenvalue weighted by atomic mass is 16.5. The van der Waals surface area contributed by atoms with Crippen molar-refractivity contribution < 1.29 is 9.53 Å². The molecule has 2 rings (SSSR count). The molecule has 2 heteroatoms. The van der Waals surface area contributed by atoms with E-state index in [-0.39, 0.29) is 12.0 Å². The van der Waals surface area contributed by atoms with Crippen LogP contribution < -0.4 is 0 Å². The lowest BCUT2D eigenvalue weighted by Crippen LogP contribution is -2.33. The van der Waals surface area contributed by atoms with Crippen LogP contribution in [0.1, 0.15) is 63.4 Å². The van der Waals surface area contributed by atoms with Crippen molar-refractivity contribution in [3.05, 3.63) is 35.9 Å². The Bertz CT molecular complexity index is 395. The molecule has 116 valence electrons. The highest BCUT2D eigenvalue weighted by Gasteiger charge is 2.32. The van der Waals surface area contributed by atoms with Gasteiger partial charge in [-0.1, -0.05) is 56.5 Å². The molecule has 0 heterocycles. The van der Waals surface area contributed by atoms with Gasteiger partial charge in [-0.2, -0.15) is 0 Å². The predicted molar refractivity (Wildman–Crippen MR) is 86.5 cm³/mol. The van der Waals surface area contributed by atoms with E-state index in [4.69, 9.17) is 4.74 Å². The maximum Gasteiger partial charge on any atom is 0.120 e. The third kappa shape index (κ3) is 4.67. The molecule has 1 saturated carbocycles. The first kappa shape index (κ1) is 16.2. The van der Waals surface area contributed by atoms with E-state index < -0.39 is 0 Å². The zero-order chi connectivity index (χ0) is 14.9. The Morgan fingerprint density at radius 3 is 2.52 bits per heavy atom. The summed E-state index contributed by atoms with van der Waals surface area (Å²) in [5, 5.41) is 0. The summed E-state index contributed by atoms with van der Waals surface area (Å²) in [5.74, 6) is 0.814. The number of hydrogen-bond donors (Lipinski definition) is 0. The summed E-state index contributed by atoms with van der Waals surface area (Å²) in [6.45, 7) is 2.94. The maximum absolute atomic E-state index is 11.2. The lowest BCUT2D eigenvalue weighted by Gasteiger charge is -2.35. The van der Waals surface area contributed by atoms with Crippen LogP contribution in [0.15, 0.2) is 30.3 Å². The molecule has 1 aliphatic rings. The molecule has 21 heavy (non-hydrogen) atoms. The summed E-state index contributed by atoms with van der Waals surface area (Å²) in [4.78, 5) is 11.2. The van der Waals surface area contributed by atoms with Crippen molar-refractivity contribution in [2.75, 3.05) is 6.61 Å². The summed E-state index contributed by atoms with van der Waals surface area (Å²) < 4.78 is 6.24. The molecule has 1 aromatic rings. The number of aldehydes is 1. The highest BCUT2D eigenvalue weighted by molar-refractivity contribution is 5.52. The number of ether oxygens (including phenoxy) is 1. The Morgan fingerprint density at radius 2 is 1.90 bits per heavy atom. The first-order valence-corrected chi connectivity index (χ1v) is 8.47. The van der Waals surface area contributed by atoms with Crippen molar-refractivity contribution in [3.63, 3.8) is 0 Å². The summed E-state index contributed by atoms with van der Waals surface area (Å²) in [6, 6.07) is 10.4. The lowest BCUT2D eigenvalue weighted by atomic mass is 9.77. The molecule has 0 spiro atoms. The molecule has 0 aliphatic heterocycles. The van der Waals surface area contributed by atoms with E-state index in [2.05, 4.69) is 31.2 Å². The Morgan fingerprint density at radius 1 is 1.19 bits per heavy atom. The Hall–Kier alpha value is -1.15. The van der Waals surface area contributed by atoms with Crippen molar-refractivity contribution in [1.29, 1.82) is 0 Å². The van der Waals surface area contributed by atoms with Crippen molar-refractivity contribution in [2.24, 2.45) is 5.92 Å². The fraction of sp³-hybridized carbons (Fsp3) is 0.632. The molecular weight excluding hydrogens is 260 g/mol. The minimum atomic E-state index is 0.192. The normalized spacial score (nSPS) is 19.1. The standard InChI is InChI=1S/C19H28O2/c1-2-15-21-19(17-11-7-4-8-12-17)18(13-14-20)16-9-5-3-6-10-16/h3,5-6,9-10,14,17-19H,2,4,7-8,11-13,15H2,1H3. The summed E-state index contributed by atoms with van der Waals surface area (Å²) in [7, 11) is 0. The summed E-state index contributed by atoms with van der Waals surface area (Å²) in [6.07, 6.45) is 9.30. The van der Waals surface area contributed by atoms with E-state index in [0.717, 1.165) is 19.3 Å². The van der Waals surface area contributed by atoms with E-state index in [1.807, 2.05) is 6.07 Å². The van der Waals surface area contributed by atoms with Crippen LogP contribution in [0.4, 0.5) is 0 Å². The van der Waals surface area contributed by atoms with Crippen LogP contribution in [-0.2, 0) is 9.53 Å². The minimum Gasteiger partial charge on any atom is -0.377 e. The van der Waals surface area contributed by atoms with Gasteiger partial charge in [-0.15, -0.1) is 0 Å². The average Bonchev–Trinajstić information content (AvgIpc) is 2.56. The van der Waals surface area contributed by atoms with Gasteiger partial charge in [-0.05, 0) is 30.7 Å². The van der Waals surface area contributed by atoms with Gasteiger partial charge in [-0.3, -0.25) is 0 Å². The Kier molecular flexibility index (Phi) is 6.94. The number of hydrogen-bond acceptors (Lipinski definition) is 2. The van der Waals surface area contributed by atoms with Crippen LogP contribution in [0.25, 0.3) is 0 Å². The van der Waals surface area contributed by atoms with E-state index in [1.165, 1.54) is 37.7 Å². The molecule has 0 saturated heterocycles. The van der Waals surface area contributed by atoms with E-state index in [0.29, 0.717) is 12.3 Å². The van der Waals surface area contributed by atoms with Crippen molar-refractivity contribution in [2.45, 2.75) is 63.9 Å². The Balaban J connectivity index is 2.18. The van der Waals surface area contributed by atoms with Gasteiger partial charge < -0.3 is 9.53 Å². The fourth-order valence-electron chi connectivity index (χ4n) is 3.56. The van der Waals surface area contributed by atoms with Gasteiger partial charge in [0, 0.05) is 18.9 Å². The molecule has 2 atom stereocenters. The lowest BCUT2D eigenvalue weighted by molar-refractivity contribution is -0.109. The molecule has 0 aromatic heterocycles. The second kappa shape index (κ2) is 8.99. The number of carbonyl (C=O) groups excluding carboxylic acids is 1. The van der Waals surface area contributed by atoms with Gasteiger partial charge in [-0.25, -0.2) is 0 Å². The monoisotopic (exact) mass is 288 g/mol. The number of carbonyl (C=O) groups is 1. The predicted octanol–water partition coefficient (Wildman–Crippen LogP) is 4.73. The van der Waals surface area contributed by atoms with Crippen LogP contribution in [0.2, 0.25) is 0 Å². The SMILES string of the molecule is CCCOC(C1CCCCC1)C(CC=O)c1ccccc1. The second-order valence-electron chi connectivity index (χ2n) is 6.15. The van der Waals surface area contributed by atoms with Gasteiger partial charge in [0.05, 0.1) is 6.10 Å². The number of rotatable bonds is 8. The van der Waals surface area contributed by atoms with Gasteiger partial charge >= 0.3 is 0 Å². The molecule has 0 amide bonds. The fourth-order valence-corrected chi connectivity index (χ4v) is 3.56. The van der Waals surface area contributed by atoms with Gasteiger partial charge in [0.25, 0.3) is 0 Å². The van der Waals surface area contributed by atoms with Gasteiger partial charge in [0.1, 0.15) is 6.29 Å². The zero-order valence-corrected chi connectivity index (χ0v) is 13.2.